The van der Waals surface area contributed by atoms with Crippen LogP contribution in [0.25, 0.3) is 0 Å². The minimum atomic E-state index is -0.675. The molecule has 0 spiro atoms. The molecule has 0 rings (SSSR count). The van der Waals surface area contributed by atoms with Crippen LogP contribution in [0.2, 0.25) is 0 Å². The summed E-state index contributed by atoms with van der Waals surface area (Å²) in [5, 5.41) is 8.37. The van der Waals surface area contributed by atoms with Gasteiger partial charge in [0, 0.05) is 6.42 Å². The second-order valence-electron chi connectivity index (χ2n) is 4.52. The summed E-state index contributed by atoms with van der Waals surface area (Å²) in [7, 11) is 0. The summed E-state index contributed by atoms with van der Waals surface area (Å²) in [5.41, 5.74) is 0.392. The topological polar surface area (TPSA) is 37.3 Å². The second-order valence-corrected chi connectivity index (χ2v) is 4.52. The van der Waals surface area contributed by atoms with Crippen LogP contribution in [0.5, 0.6) is 0 Å². The molecule has 0 aliphatic heterocycles. The first-order valence-corrected chi connectivity index (χ1v) is 4.63. The van der Waals surface area contributed by atoms with Crippen LogP contribution in [0.15, 0.2) is 0 Å². The van der Waals surface area contributed by atoms with E-state index in [9.17, 15) is 4.79 Å². The van der Waals surface area contributed by atoms with E-state index in [1.165, 1.54) is 6.42 Å². The molecule has 1 N–H and O–H groups in total. The molecule has 0 radical (unpaired) electrons. The van der Waals surface area contributed by atoms with Gasteiger partial charge in [0.25, 0.3) is 0 Å². The molecule has 0 amide bonds. The molecular weight excluding hydrogens is 192 g/mol. The van der Waals surface area contributed by atoms with Crippen LogP contribution >= 0.6 is 0 Å². The van der Waals surface area contributed by atoms with E-state index in [1.807, 2.05) is 0 Å². The third-order valence-electron chi connectivity index (χ3n) is 1.82. The van der Waals surface area contributed by atoms with Crippen molar-refractivity contribution in [2.45, 2.75) is 52.9 Å². The number of rotatable bonds is 5. The fourth-order valence-electron chi connectivity index (χ4n) is 1.11. The third kappa shape index (κ3) is 15.5. The van der Waals surface area contributed by atoms with Gasteiger partial charge in [-0.3, -0.25) is 4.79 Å². The van der Waals surface area contributed by atoms with Crippen molar-refractivity contribution in [1.29, 1.82) is 0 Å². The first-order valence-electron chi connectivity index (χ1n) is 4.63. The van der Waals surface area contributed by atoms with Gasteiger partial charge in [-0.2, -0.15) is 0 Å². The van der Waals surface area contributed by atoms with E-state index in [0.717, 1.165) is 19.3 Å². The van der Waals surface area contributed by atoms with Crippen LogP contribution in [0.4, 0.5) is 0 Å². The van der Waals surface area contributed by atoms with E-state index in [-0.39, 0.29) is 37.7 Å². The number of hydrogen-bond acceptors (Lipinski definition) is 1. The zero-order valence-corrected chi connectivity index (χ0v) is 8.39. The number of unbranched alkanes of at least 4 members (excludes halogenated alkanes) is 2. The Morgan fingerprint density at radius 2 is 1.69 bits per heavy atom. The summed E-state index contributed by atoms with van der Waals surface area (Å²) in [4.78, 5) is 10.2. The average molecular weight is 214 g/mol. The molecule has 0 aliphatic rings. The Morgan fingerprint density at radius 1 is 1.15 bits per heavy atom. The SMILES string of the molecule is CC(C)(C)CCCCCC(=O)O.[CaH2]. The summed E-state index contributed by atoms with van der Waals surface area (Å²) < 4.78 is 0. The van der Waals surface area contributed by atoms with Crippen molar-refractivity contribution in [2.75, 3.05) is 0 Å². The van der Waals surface area contributed by atoms with Gasteiger partial charge in [-0.1, -0.05) is 33.6 Å². The first kappa shape index (κ1) is 16.2. The van der Waals surface area contributed by atoms with Crippen LogP contribution in [0.1, 0.15) is 52.9 Å². The van der Waals surface area contributed by atoms with Crippen molar-refractivity contribution < 1.29 is 9.90 Å². The molecule has 76 valence electrons. The normalized spacial score (nSPS) is 10.7. The number of carboxylic acid groups (broad SMARTS) is 1. The van der Waals surface area contributed by atoms with Gasteiger partial charge in [0.15, 0.2) is 0 Å². The van der Waals surface area contributed by atoms with E-state index < -0.39 is 5.97 Å². The Morgan fingerprint density at radius 3 is 2.08 bits per heavy atom. The van der Waals surface area contributed by atoms with Crippen molar-refractivity contribution in [3.63, 3.8) is 0 Å². The van der Waals surface area contributed by atoms with E-state index in [0.29, 0.717) is 11.8 Å². The van der Waals surface area contributed by atoms with Crippen molar-refractivity contribution in [1.82, 2.24) is 0 Å². The maximum absolute atomic E-state index is 10.2. The fourth-order valence-corrected chi connectivity index (χ4v) is 1.11. The van der Waals surface area contributed by atoms with E-state index in [4.69, 9.17) is 5.11 Å². The van der Waals surface area contributed by atoms with Gasteiger partial charge >= 0.3 is 43.7 Å². The van der Waals surface area contributed by atoms with Gasteiger partial charge in [0.2, 0.25) is 0 Å². The average Bonchev–Trinajstić information content (AvgIpc) is 1.83. The Balaban J connectivity index is 0. The molecule has 0 unspecified atom stereocenters. The minimum absolute atomic E-state index is 0. The Kier molecular flexibility index (Phi) is 10.0. The quantitative estimate of drug-likeness (QED) is 0.562. The summed E-state index contributed by atoms with van der Waals surface area (Å²) in [6, 6.07) is 0. The number of carbonyl (C=O) groups is 1. The van der Waals surface area contributed by atoms with Gasteiger partial charge in [0.1, 0.15) is 0 Å². The monoisotopic (exact) mass is 214 g/mol. The molecule has 0 aromatic rings. The molecule has 2 nitrogen and oxygen atoms in total. The molecule has 13 heavy (non-hydrogen) atoms. The molecule has 0 aromatic heterocycles. The predicted molar refractivity (Wildman–Crippen MR) is 58.7 cm³/mol. The van der Waals surface area contributed by atoms with Gasteiger partial charge in [-0.05, 0) is 18.3 Å². The summed E-state index contributed by atoms with van der Waals surface area (Å²) in [5.74, 6) is -0.675. The van der Waals surface area contributed by atoms with Crippen LogP contribution in [0.3, 0.4) is 0 Å². The molecule has 0 saturated carbocycles. The zero-order valence-electron chi connectivity index (χ0n) is 8.39. The summed E-state index contributed by atoms with van der Waals surface area (Å²) >= 11 is 0. The number of hydrogen-bond donors (Lipinski definition) is 1. The van der Waals surface area contributed by atoms with Gasteiger partial charge < -0.3 is 5.11 Å². The molecule has 0 atom stereocenters. The maximum atomic E-state index is 10.2. The molecular formula is C10H22CaO2. The third-order valence-corrected chi connectivity index (χ3v) is 1.82. The van der Waals surface area contributed by atoms with Crippen molar-refractivity contribution >= 4 is 43.7 Å². The summed E-state index contributed by atoms with van der Waals surface area (Å²) in [6.07, 6.45) is 4.53. The Labute approximate surface area is 111 Å². The van der Waals surface area contributed by atoms with Crippen molar-refractivity contribution in [2.24, 2.45) is 5.41 Å². The molecule has 0 saturated heterocycles. The van der Waals surface area contributed by atoms with E-state index in [1.54, 1.807) is 0 Å². The van der Waals surface area contributed by atoms with Gasteiger partial charge in [-0.25, -0.2) is 0 Å². The zero-order chi connectivity index (χ0) is 9.61. The molecule has 0 aromatic carbocycles. The number of carboxylic acids is 1. The predicted octanol–water partition coefficient (Wildman–Crippen LogP) is 2.15. The van der Waals surface area contributed by atoms with Crippen molar-refractivity contribution in [3.05, 3.63) is 0 Å². The van der Waals surface area contributed by atoms with Crippen LogP contribution < -0.4 is 0 Å². The van der Waals surface area contributed by atoms with Crippen LogP contribution in [0, 0.1) is 5.41 Å². The van der Waals surface area contributed by atoms with Gasteiger partial charge in [-0.15, -0.1) is 0 Å². The fraction of sp³-hybridized carbons (Fsp3) is 0.900. The molecule has 3 heteroatoms. The Bertz CT molecular complexity index is 138. The van der Waals surface area contributed by atoms with Crippen molar-refractivity contribution in [3.8, 4) is 0 Å². The van der Waals surface area contributed by atoms with Crippen LogP contribution in [-0.4, -0.2) is 48.8 Å². The molecule has 0 fully saturated rings. The molecule has 0 aliphatic carbocycles. The van der Waals surface area contributed by atoms with Crippen LogP contribution in [-0.2, 0) is 4.79 Å². The van der Waals surface area contributed by atoms with E-state index in [2.05, 4.69) is 20.8 Å². The summed E-state index contributed by atoms with van der Waals surface area (Å²) in [6.45, 7) is 6.64. The first-order chi connectivity index (χ1) is 5.42. The second kappa shape index (κ2) is 8.07. The molecule has 0 heterocycles. The molecule has 0 bridgehead atoms. The number of aliphatic carboxylic acids is 1. The van der Waals surface area contributed by atoms with E-state index >= 15 is 0 Å². The Hall–Kier alpha value is 0.730. The standard InChI is InChI=1S/C10H20O2.Ca.2H/c1-10(2,3)8-6-4-5-7-9(11)12;;;/h4-8H2,1-3H3,(H,11,12);;;. The van der Waals surface area contributed by atoms with Gasteiger partial charge in [0.05, 0.1) is 0 Å².